The lowest BCUT2D eigenvalue weighted by atomic mass is 10.1. The minimum Gasteiger partial charge on any atom is -0.490 e. The maximum absolute atomic E-state index is 12.8. The van der Waals surface area contributed by atoms with Gasteiger partial charge in [0.15, 0.2) is 18.1 Å². The lowest BCUT2D eigenvalue weighted by Gasteiger charge is -2.13. The van der Waals surface area contributed by atoms with Gasteiger partial charge in [0.2, 0.25) is 0 Å². The highest BCUT2D eigenvalue weighted by Crippen LogP contribution is 2.35. The van der Waals surface area contributed by atoms with E-state index in [4.69, 9.17) is 14.6 Å². The van der Waals surface area contributed by atoms with Crippen LogP contribution in [0.3, 0.4) is 0 Å². The third kappa shape index (κ3) is 5.43. The van der Waals surface area contributed by atoms with Gasteiger partial charge in [-0.05, 0) is 43.2 Å². The number of aryl methyl sites for hydroxylation is 1. The number of carbonyl (C=O) groups excluding carboxylic acids is 2. The second kappa shape index (κ2) is 9.65. The lowest BCUT2D eigenvalue weighted by molar-refractivity contribution is -0.139. The number of nitrogens with one attached hydrogen (secondary N) is 1. The maximum atomic E-state index is 12.8. The highest BCUT2D eigenvalue weighted by atomic mass is 79.9. The Kier molecular flexibility index (Phi) is 6.96. The summed E-state index contributed by atoms with van der Waals surface area (Å²) < 4.78 is 11.4. The second-order valence-electron chi connectivity index (χ2n) is 6.80. The first-order chi connectivity index (χ1) is 14.8. The number of aliphatic carboxylic acids is 1. The Morgan fingerprint density at radius 3 is 2.61 bits per heavy atom. The van der Waals surface area contributed by atoms with Crippen LogP contribution >= 0.6 is 15.9 Å². The number of ether oxygens (including phenoxy) is 2. The molecule has 31 heavy (non-hydrogen) atoms. The third-order valence-electron chi connectivity index (χ3n) is 4.40. The second-order valence-corrected chi connectivity index (χ2v) is 7.66. The smallest absolute Gasteiger partial charge is 0.341 e. The number of carboxylic acids is 1. The summed E-state index contributed by atoms with van der Waals surface area (Å²) in [6.45, 7) is 3.70. The molecule has 1 aliphatic rings. The molecular formula is C22H21BrN2O6. The number of carboxylic acid groups (broad SMARTS) is 1. The molecule has 1 fully saturated rings. The van der Waals surface area contributed by atoms with Crippen LogP contribution < -0.4 is 14.8 Å². The highest BCUT2D eigenvalue weighted by molar-refractivity contribution is 9.10. The highest BCUT2D eigenvalue weighted by Gasteiger charge is 2.33. The normalized spacial score (nSPS) is 14.7. The van der Waals surface area contributed by atoms with Gasteiger partial charge in [0.1, 0.15) is 5.70 Å². The van der Waals surface area contributed by atoms with Gasteiger partial charge in [-0.15, -0.1) is 0 Å². The maximum Gasteiger partial charge on any atom is 0.341 e. The molecule has 162 valence electrons. The minimum atomic E-state index is -1.11. The summed E-state index contributed by atoms with van der Waals surface area (Å²) >= 11 is 3.39. The van der Waals surface area contributed by atoms with Crippen molar-refractivity contribution in [2.24, 2.45) is 0 Å². The van der Waals surface area contributed by atoms with Crippen molar-refractivity contribution in [3.63, 3.8) is 0 Å². The Hall–Kier alpha value is -3.33. The molecule has 2 N–H and O–H groups in total. The summed E-state index contributed by atoms with van der Waals surface area (Å²) in [5, 5.41) is 11.4. The Bertz CT molecular complexity index is 1070. The SMILES string of the molecule is CCOc1cc(/C=C2/NC(=O)N(Cc3cccc(C)c3)C2=O)c(Br)cc1OCC(=O)O. The summed E-state index contributed by atoms with van der Waals surface area (Å²) in [6.07, 6.45) is 1.53. The van der Waals surface area contributed by atoms with Crippen molar-refractivity contribution < 1.29 is 29.0 Å². The fourth-order valence-electron chi connectivity index (χ4n) is 3.05. The zero-order valence-corrected chi connectivity index (χ0v) is 18.6. The molecule has 1 saturated heterocycles. The zero-order valence-electron chi connectivity index (χ0n) is 17.0. The Labute approximate surface area is 187 Å². The Morgan fingerprint density at radius 1 is 1.19 bits per heavy atom. The summed E-state index contributed by atoms with van der Waals surface area (Å²) in [5.41, 5.74) is 2.58. The molecule has 0 unspecified atom stereocenters. The molecular weight excluding hydrogens is 468 g/mol. The Balaban J connectivity index is 1.86. The van der Waals surface area contributed by atoms with Gasteiger partial charge in [0.25, 0.3) is 5.91 Å². The van der Waals surface area contributed by atoms with E-state index in [9.17, 15) is 14.4 Å². The van der Waals surface area contributed by atoms with Gasteiger partial charge in [-0.25, -0.2) is 9.59 Å². The van der Waals surface area contributed by atoms with Crippen LogP contribution in [0.15, 0.2) is 46.6 Å². The average Bonchev–Trinajstić information content (AvgIpc) is 2.96. The number of amides is 3. The van der Waals surface area contributed by atoms with E-state index in [1.165, 1.54) is 6.08 Å². The molecule has 0 atom stereocenters. The molecule has 1 heterocycles. The van der Waals surface area contributed by atoms with Gasteiger partial charge in [-0.3, -0.25) is 9.69 Å². The van der Waals surface area contributed by atoms with Crippen LogP contribution in [0.4, 0.5) is 4.79 Å². The van der Waals surface area contributed by atoms with Crippen LogP contribution in [0.25, 0.3) is 6.08 Å². The van der Waals surface area contributed by atoms with E-state index in [1.807, 2.05) is 31.2 Å². The Morgan fingerprint density at radius 2 is 1.94 bits per heavy atom. The molecule has 2 aromatic carbocycles. The number of hydrogen-bond donors (Lipinski definition) is 2. The van der Waals surface area contributed by atoms with Gasteiger partial charge >= 0.3 is 12.0 Å². The van der Waals surface area contributed by atoms with Crippen molar-refractivity contribution in [2.45, 2.75) is 20.4 Å². The van der Waals surface area contributed by atoms with Crippen LogP contribution in [-0.4, -0.2) is 41.1 Å². The van der Waals surface area contributed by atoms with Gasteiger partial charge in [0.05, 0.1) is 13.2 Å². The summed E-state index contributed by atoms with van der Waals surface area (Å²) in [6, 6.07) is 10.3. The van der Waals surface area contributed by atoms with Crippen molar-refractivity contribution in [3.8, 4) is 11.5 Å². The number of carbonyl (C=O) groups is 3. The predicted molar refractivity (Wildman–Crippen MR) is 117 cm³/mol. The number of imide groups is 1. The monoisotopic (exact) mass is 488 g/mol. The van der Waals surface area contributed by atoms with Crippen LogP contribution in [0.1, 0.15) is 23.6 Å². The van der Waals surface area contributed by atoms with E-state index < -0.39 is 24.5 Å². The van der Waals surface area contributed by atoms with Gasteiger partial charge in [0, 0.05) is 4.47 Å². The first kappa shape index (κ1) is 22.4. The third-order valence-corrected chi connectivity index (χ3v) is 5.09. The number of hydrogen-bond acceptors (Lipinski definition) is 5. The minimum absolute atomic E-state index is 0.125. The van der Waals surface area contributed by atoms with E-state index in [2.05, 4.69) is 21.2 Å². The van der Waals surface area contributed by atoms with Crippen molar-refractivity contribution in [2.75, 3.05) is 13.2 Å². The molecule has 0 bridgehead atoms. The number of benzene rings is 2. The van der Waals surface area contributed by atoms with Crippen LogP contribution in [0.5, 0.6) is 11.5 Å². The summed E-state index contributed by atoms with van der Waals surface area (Å²) in [4.78, 5) is 37.1. The van der Waals surface area contributed by atoms with Crippen molar-refractivity contribution in [3.05, 3.63) is 63.3 Å². The molecule has 3 rings (SSSR count). The molecule has 0 aromatic heterocycles. The molecule has 2 aromatic rings. The number of halogens is 1. The number of rotatable bonds is 8. The van der Waals surface area contributed by atoms with Crippen molar-refractivity contribution in [1.29, 1.82) is 0 Å². The molecule has 3 amide bonds. The van der Waals surface area contributed by atoms with Gasteiger partial charge in [-0.2, -0.15) is 0 Å². The van der Waals surface area contributed by atoms with E-state index in [-0.39, 0.29) is 18.0 Å². The molecule has 1 aliphatic heterocycles. The van der Waals surface area contributed by atoms with E-state index in [1.54, 1.807) is 19.1 Å². The molecule has 9 heteroatoms. The molecule has 0 aliphatic carbocycles. The van der Waals surface area contributed by atoms with Crippen LogP contribution in [0, 0.1) is 6.92 Å². The first-order valence-electron chi connectivity index (χ1n) is 9.49. The topological polar surface area (TPSA) is 105 Å². The standard InChI is InChI=1S/C22H21BrN2O6/c1-3-30-18-9-15(16(23)10-19(18)31-12-20(26)27)8-17-21(28)25(22(29)24-17)11-14-6-4-5-13(2)7-14/h4-10H,3,11-12H2,1-2H3,(H,24,29)(H,26,27)/b17-8+. The number of nitrogens with zero attached hydrogens (tertiary/aromatic N) is 1. The molecule has 0 radical (unpaired) electrons. The zero-order chi connectivity index (χ0) is 22.5. The van der Waals surface area contributed by atoms with E-state index >= 15 is 0 Å². The largest absolute Gasteiger partial charge is 0.490 e. The lowest BCUT2D eigenvalue weighted by Crippen LogP contribution is -2.30. The van der Waals surface area contributed by atoms with Gasteiger partial charge in [-0.1, -0.05) is 45.8 Å². The van der Waals surface area contributed by atoms with Crippen molar-refractivity contribution >= 4 is 39.9 Å². The predicted octanol–water partition coefficient (Wildman–Crippen LogP) is 3.71. The van der Waals surface area contributed by atoms with Crippen LogP contribution in [-0.2, 0) is 16.1 Å². The van der Waals surface area contributed by atoms with Crippen LogP contribution in [0.2, 0.25) is 0 Å². The fourth-order valence-corrected chi connectivity index (χ4v) is 3.48. The van der Waals surface area contributed by atoms with Gasteiger partial charge < -0.3 is 19.9 Å². The van der Waals surface area contributed by atoms with E-state index in [0.29, 0.717) is 22.4 Å². The van der Waals surface area contributed by atoms with E-state index in [0.717, 1.165) is 16.0 Å². The summed E-state index contributed by atoms with van der Waals surface area (Å²) in [5.74, 6) is -0.978. The average molecular weight is 489 g/mol. The number of urea groups is 1. The molecule has 8 nitrogen and oxygen atoms in total. The quantitative estimate of drug-likeness (QED) is 0.433. The summed E-state index contributed by atoms with van der Waals surface area (Å²) in [7, 11) is 0. The fraction of sp³-hybridized carbons (Fsp3) is 0.227. The molecule has 0 saturated carbocycles. The first-order valence-corrected chi connectivity index (χ1v) is 10.3. The molecule has 0 spiro atoms. The van der Waals surface area contributed by atoms with Crippen molar-refractivity contribution in [1.82, 2.24) is 10.2 Å².